The van der Waals surface area contributed by atoms with Crippen LogP contribution in [-0.4, -0.2) is 9.97 Å². The molecule has 0 aliphatic heterocycles. The van der Waals surface area contributed by atoms with E-state index in [1.165, 1.54) is 0 Å². The second kappa shape index (κ2) is 4.50. The molecule has 0 bridgehead atoms. The highest BCUT2D eigenvalue weighted by Gasteiger charge is 1.99. The third kappa shape index (κ3) is 2.09. The van der Waals surface area contributed by atoms with Gasteiger partial charge in [0, 0.05) is 10.6 Å². The molecule has 2 aromatic heterocycles. The number of pyridine rings is 2. The van der Waals surface area contributed by atoms with Crippen LogP contribution in [0.1, 0.15) is 5.69 Å². The molecule has 0 spiro atoms. The number of rotatable bonds is 2. The van der Waals surface area contributed by atoms with E-state index in [2.05, 4.69) is 32.6 Å². The molecular formula is C11H9IN2. The Labute approximate surface area is 96.6 Å². The van der Waals surface area contributed by atoms with Crippen molar-refractivity contribution in [2.75, 3.05) is 0 Å². The molecule has 0 aromatic carbocycles. The summed E-state index contributed by atoms with van der Waals surface area (Å²) in [6, 6.07) is 11.9. The van der Waals surface area contributed by atoms with Crippen LogP contribution >= 0.6 is 22.6 Å². The highest BCUT2D eigenvalue weighted by Crippen LogP contribution is 2.14. The summed E-state index contributed by atoms with van der Waals surface area (Å²) in [4.78, 5) is 8.75. The Morgan fingerprint density at radius 2 is 1.86 bits per heavy atom. The average molecular weight is 296 g/mol. The van der Waals surface area contributed by atoms with Crippen LogP contribution in [0.4, 0.5) is 0 Å². The monoisotopic (exact) mass is 296 g/mol. The second-order valence-electron chi connectivity index (χ2n) is 2.86. The summed E-state index contributed by atoms with van der Waals surface area (Å²) in [6.07, 6.45) is 1.79. The van der Waals surface area contributed by atoms with E-state index >= 15 is 0 Å². The van der Waals surface area contributed by atoms with E-state index < -0.39 is 0 Å². The third-order valence-corrected chi connectivity index (χ3v) is 2.65. The Morgan fingerprint density at radius 1 is 1.00 bits per heavy atom. The summed E-state index contributed by atoms with van der Waals surface area (Å²) in [5.41, 5.74) is 2.97. The van der Waals surface area contributed by atoms with Gasteiger partial charge >= 0.3 is 0 Å². The molecule has 0 atom stereocenters. The Kier molecular flexibility index (Phi) is 3.08. The van der Waals surface area contributed by atoms with E-state index in [1.807, 2.05) is 36.4 Å². The third-order valence-electron chi connectivity index (χ3n) is 1.87. The Bertz CT molecular complexity index is 415. The van der Waals surface area contributed by atoms with E-state index in [0.717, 1.165) is 21.5 Å². The molecule has 70 valence electrons. The van der Waals surface area contributed by atoms with Crippen molar-refractivity contribution < 1.29 is 0 Å². The minimum absolute atomic E-state index is 0.929. The van der Waals surface area contributed by atoms with Crippen LogP contribution in [0.3, 0.4) is 0 Å². The lowest BCUT2D eigenvalue weighted by molar-refractivity contribution is 1.17. The smallest absolute Gasteiger partial charge is 0.0889 e. The zero-order valence-corrected chi connectivity index (χ0v) is 9.68. The summed E-state index contributed by atoms with van der Waals surface area (Å²) in [5, 5.41) is 0. The van der Waals surface area contributed by atoms with Crippen molar-refractivity contribution in [3.63, 3.8) is 0 Å². The topological polar surface area (TPSA) is 25.8 Å². The van der Waals surface area contributed by atoms with Gasteiger partial charge < -0.3 is 0 Å². The molecule has 0 fully saturated rings. The summed E-state index contributed by atoms with van der Waals surface area (Å²) in [7, 11) is 0. The fraction of sp³-hybridized carbons (Fsp3) is 0.0909. The van der Waals surface area contributed by atoms with Gasteiger partial charge in [-0.05, 0) is 24.3 Å². The molecule has 2 heterocycles. The number of hydrogen-bond acceptors (Lipinski definition) is 2. The maximum Gasteiger partial charge on any atom is 0.0889 e. The molecule has 0 saturated heterocycles. The standard InChI is InChI=1S/C11H9IN2/c12-8-9-4-3-6-11(14-9)10-5-1-2-7-13-10/h1-7H,8H2. The van der Waals surface area contributed by atoms with Gasteiger partial charge in [0.15, 0.2) is 0 Å². The molecule has 0 unspecified atom stereocenters. The second-order valence-corrected chi connectivity index (χ2v) is 3.63. The highest BCUT2D eigenvalue weighted by atomic mass is 127. The lowest BCUT2D eigenvalue weighted by Crippen LogP contribution is -1.89. The lowest BCUT2D eigenvalue weighted by Gasteiger charge is -2.00. The van der Waals surface area contributed by atoms with Crippen LogP contribution in [0.25, 0.3) is 11.4 Å². The minimum atomic E-state index is 0.929. The number of alkyl halides is 1. The lowest BCUT2D eigenvalue weighted by atomic mass is 10.2. The van der Waals surface area contributed by atoms with Crippen LogP contribution in [0.15, 0.2) is 42.6 Å². The number of nitrogens with zero attached hydrogens (tertiary/aromatic N) is 2. The molecule has 2 nitrogen and oxygen atoms in total. The van der Waals surface area contributed by atoms with Crippen molar-refractivity contribution in [2.45, 2.75) is 4.43 Å². The first-order chi connectivity index (χ1) is 6.90. The molecule has 0 saturated carbocycles. The fourth-order valence-corrected chi connectivity index (χ4v) is 1.64. The van der Waals surface area contributed by atoms with E-state index in [0.29, 0.717) is 0 Å². The number of aromatic nitrogens is 2. The van der Waals surface area contributed by atoms with Crippen LogP contribution in [-0.2, 0) is 4.43 Å². The summed E-state index contributed by atoms with van der Waals surface area (Å²) < 4.78 is 0.929. The van der Waals surface area contributed by atoms with Gasteiger partial charge in [-0.2, -0.15) is 0 Å². The van der Waals surface area contributed by atoms with Crippen molar-refractivity contribution in [3.8, 4) is 11.4 Å². The van der Waals surface area contributed by atoms with Crippen molar-refractivity contribution in [3.05, 3.63) is 48.3 Å². The zero-order valence-electron chi connectivity index (χ0n) is 7.52. The van der Waals surface area contributed by atoms with Gasteiger partial charge in [0.05, 0.1) is 17.1 Å². The minimum Gasteiger partial charge on any atom is -0.255 e. The van der Waals surface area contributed by atoms with E-state index in [1.54, 1.807) is 6.20 Å². The van der Waals surface area contributed by atoms with E-state index in [9.17, 15) is 0 Å². The average Bonchev–Trinajstić information content (AvgIpc) is 2.30. The first-order valence-electron chi connectivity index (χ1n) is 4.33. The van der Waals surface area contributed by atoms with Gasteiger partial charge in [-0.3, -0.25) is 9.97 Å². The van der Waals surface area contributed by atoms with Crippen molar-refractivity contribution in [2.24, 2.45) is 0 Å². The predicted octanol–water partition coefficient (Wildman–Crippen LogP) is 3.08. The maximum absolute atomic E-state index is 4.49. The highest BCUT2D eigenvalue weighted by molar-refractivity contribution is 14.1. The quantitative estimate of drug-likeness (QED) is 0.628. The van der Waals surface area contributed by atoms with Crippen LogP contribution in [0.2, 0.25) is 0 Å². The fourth-order valence-electron chi connectivity index (χ4n) is 1.21. The molecule has 0 aliphatic carbocycles. The molecule has 0 N–H and O–H groups in total. The molecule has 0 radical (unpaired) electrons. The SMILES string of the molecule is ICc1cccc(-c2ccccn2)n1. The van der Waals surface area contributed by atoms with E-state index in [4.69, 9.17) is 0 Å². The molecule has 3 heteroatoms. The first kappa shape index (κ1) is 9.58. The van der Waals surface area contributed by atoms with Gasteiger partial charge in [-0.25, -0.2) is 0 Å². The Morgan fingerprint density at radius 3 is 2.57 bits per heavy atom. The Balaban J connectivity index is 2.42. The predicted molar refractivity (Wildman–Crippen MR) is 65.2 cm³/mol. The maximum atomic E-state index is 4.49. The van der Waals surface area contributed by atoms with E-state index in [-0.39, 0.29) is 0 Å². The zero-order chi connectivity index (χ0) is 9.80. The van der Waals surface area contributed by atoms with Crippen molar-refractivity contribution in [1.82, 2.24) is 9.97 Å². The summed E-state index contributed by atoms with van der Waals surface area (Å²) in [6.45, 7) is 0. The molecule has 2 aromatic rings. The largest absolute Gasteiger partial charge is 0.255 e. The molecule has 0 amide bonds. The molecule has 2 rings (SSSR count). The normalized spacial score (nSPS) is 10.1. The molecule has 14 heavy (non-hydrogen) atoms. The number of hydrogen-bond donors (Lipinski definition) is 0. The van der Waals surface area contributed by atoms with Gasteiger partial charge in [0.2, 0.25) is 0 Å². The van der Waals surface area contributed by atoms with Crippen molar-refractivity contribution in [1.29, 1.82) is 0 Å². The van der Waals surface area contributed by atoms with Gasteiger partial charge in [-0.15, -0.1) is 0 Å². The molecule has 0 aliphatic rings. The van der Waals surface area contributed by atoms with Crippen LogP contribution in [0, 0.1) is 0 Å². The number of halogens is 1. The first-order valence-corrected chi connectivity index (χ1v) is 5.86. The van der Waals surface area contributed by atoms with Gasteiger partial charge in [-0.1, -0.05) is 34.7 Å². The van der Waals surface area contributed by atoms with Gasteiger partial charge in [0.1, 0.15) is 0 Å². The Hall–Kier alpha value is -0.970. The van der Waals surface area contributed by atoms with Crippen LogP contribution in [0.5, 0.6) is 0 Å². The molecular weight excluding hydrogens is 287 g/mol. The van der Waals surface area contributed by atoms with Crippen LogP contribution < -0.4 is 0 Å². The van der Waals surface area contributed by atoms with Gasteiger partial charge in [0.25, 0.3) is 0 Å². The summed E-state index contributed by atoms with van der Waals surface area (Å²) >= 11 is 2.31. The summed E-state index contributed by atoms with van der Waals surface area (Å²) in [5.74, 6) is 0. The van der Waals surface area contributed by atoms with Crippen molar-refractivity contribution >= 4 is 22.6 Å².